The summed E-state index contributed by atoms with van der Waals surface area (Å²) in [5.74, 6) is 2.79. The topological polar surface area (TPSA) is 38.7 Å². The zero-order chi connectivity index (χ0) is 14.7. The average Bonchev–Trinajstić information content (AvgIpc) is 3.05. The van der Waals surface area contributed by atoms with Crippen molar-refractivity contribution in [2.45, 2.75) is 69.1 Å². The molecule has 21 heavy (non-hydrogen) atoms. The molecule has 2 bridgehead atoms. The van der Waals surface area contributed by atoms with Gasteiger partial charge in [0.1, 0.15) is 4.75 Å². The molecule has 2 aliphatic heterocycles. The van der Waals surface area contributed by atoms with Gasteiger partial charge in [-0.2, -0.15) is 0 Å². The van der Waals surface area contributed by atoms with Gasteiger partial charge in [0.15, 0.2) is 0 Å². The summed E-state index contributed by atoms with van der Waals surface area (Å²) in [5.41, 5.74) is -0.196. The molecular weight excluding hydrogens is 282 g/mol. The van der Waals surface area contributed by atoms with Gasteiger partial charge in [-0.15, -0.1) is 0 Å². The minimum Gasteiger partial charge on any atom is -0.375 e. The highest BCUT2D eigenvalue weighted by Gasteiger charge is 2.51. The first-order chi connectivity index (χ1) is 9.96. The lowest BCUT2D eigenvalue weighted by molar-refractivity contribution is -0.128. The van der Waals surface area contributed by atoms with Crippen LogP contribution in [0.25, 0.3) is 0 Å². The first-order valence-electron chi connectivity index (χ1n) is 8.41. The van der Waals surface area contributed by atoms with Crippen molar-refractivity contribution in [2.24, 2.45) is 22.7 Å². The predicted octanol–water partition coefficient (Wildman–Crippen LogP) is 3.81. The molecule has 2 saturated carbocycles. The van der Waals surface area contributed by atoms with Gasteiger partial charge in [0.05, 0.1) is 10.6 Å². The Morgan fingerprint density at radius 2 is 2.19 bits per heavy atom. The minimum atomic E-state index is -0.311. The zero-order valence-electron chi connectivity index (χ0n) is 13.1. The maximum absolute atomic E-state index is 12.5. The van der Waals surface area contributed by atoms with Gasteiger partial charge >= 0.3 is 0 Å². The van der Waals surface area contributed by atoms with Gasteiger partial charge in [0.2, 0.25) is 0 Å². The predicted molar refractivity (Wildman–Crippen MR) is 85.6 cm³/mol. The van der Waals surface area contributed by atoms with Crippen molar-refractivity contribution < 1.29 is 9.53 Å². The van der Waals surface area contributed by atoms with E-state index in [1.807, 2.05) is 0 Å². The van der Waals surface area contributed by atoms with Crippen molar-refractivity contribution in [1.29, 1.82) is 0 Å². The summed E-state index contributed by atoms with van der Waals surface area (Å²) >= 11 is 1.78. The molecule has 1 spiro atoms. The number of nitrogens with zero attached hydrogens (tertiary/aromatic N) is 1. The van der Waals surface area contributed by atoms with Crippen molar-refractivity contribution in [3.8, 4) is 0 Å². The molecule has 2 heterocycles. The van der Waals surface area contributed by atoms with E-state index in [9.17, 15) is 4.79 Å². The van der Waals surface area contributed by atoms with Gasteiger partial charge in [-0.1, -0.05) is 18.2 Å². The molecule has 0 unspecified atom stereocenters. The SMILES string of the molecule is CC1(C)C[C@@]2(CCO1)SC(C[C@H]1C[C@@H]3CC[C@H]1C3)=NC2=O. The normalized spacial score (nSPS) is 44.6. The van der Waals surface area contributed by atoms with Crippen molar-refractivity contribution in [3.63, 3.8) is 0 Å². The number of amides is 1. The summed E-state index contributed by atoms with van der Waals surface area (Å²) in [5, 5.41) is 1.12. The highest BCUT2D eigenvalue weighted by Crippen LogP contribution is 2.52. The second kappa shape index (κ2) is 4.82. The number of aliphatic imine (C=N–C) groups is 1. The minimum absolute atomic E-state index is 0.113. The van der Waals surface area contributed by atoms with E-state index in [4.69, 9.17) is 4.74 Å². The zero-order valence-corrected chi connectivity index (χ0v) is 13.9. The molecule has 0 aromatic heterocycles. The Labute approximate surface area is 131 Å². The van der Waals surface area contributed by atoms with Crippen LogP contribution in [0.3, 0.4) is 0 Å². The number of fused-ring (bicyclic) bond motifs is 2. The fourth-order valence-corrected chi connectivity index (χ4v) is 6.65. The van der Waals surface area contributed by atoms with Crippen LogP contribution in [0.15, 0.2) is 4.99 Å². The number of rotatable bonds is 2. The standard InChI is InChI=1S/C17H25NO2S/c1-16(2)10-17(5-6-20-16)15(19)18-14(21-17)9-13-8-11-3-4-12(13)7-11/h11-13H,3-10H2,1-2H3/t11-,12+,13-,17-/m1/s1. The molecular formula is C17H25NO2S. The summed E-state index contributed by atoms with van der Waals surface area (Å²) in [6, 6.07) is 0. The van der Waals surface area contributed by atoms with Crippen LogP contribution in [0.2, 0.25) is 0 Å². The lowest BCUT2D eigenvalue weighted by Gasteiger charge is -2.40. The molecule has 3 nitrogen and oxygen atoms in total. The van der Waals surface area contributed by atoms with Gasteiger partial charge < -0.3 is 4.74 Å². The van der Waals surface area contributed by atoms with Gasteiger partial charge in [-0.05, 0) is 70.1 Å². The molecule has 0 aromatic carbocycles. The van der Waals surface area contributed by atoms with Gasteiger partial charge in [0.25, 0.3) is 5.91 Å². The second-order valence-corrected chi connectivity index (χ2v) is 9.54. The first-order valence-corrected chi connectivity index (χ1v) is 9.22. The number of ether oxygens (including phenoxy) is 1. The molecule has 0 aromatic rings. The van der Waals surface area contributed by atoms with Crippen LogP contribution < -0.4 is 0 Å². The molecule has 116 valence electrons. The Morgan fingerprint density at radius 1 is 1.33 bits per heavy atom. The highest BCUT2D eigenvalue weighted by molar-refractivity contribution is 8.16. The van der Waals surface area contributed by atoms with Crippen LogP contribution in [0.1, 0.15) is 58.8 Å². The number of hydrogen-bond acceptors (Lipinski definition) is 3. The molecule has 0 N–H and O–H groups in total. The number of carbonyl (C=O) groups is 1. The molecule has 4 rings (SSSR count). The van der Waals surface area contributed by atoms with E-state index in [0.717, 1.165) is 42.1 Å². The van der Waals surface area contributed by atoms with Crippen molar-refractivity contribution in [3.05, 3.63) is 0 Å². The molecule has 2 aliphatic carbocycles. The smallest absolute Gasteiger partial charge is 0.263 e. The van der Waals surface area contributed by atoms with E-state index in [1.165, 1.54) is 25.7 Å². The average molecular weight is 307 g/mol. The third-order valence-electron chi connectivity index (χ3n) is 5.96. The van der Waals surface area contributed by atoms with Crippen LogP contribution >= 0.6 is 11.8 Å². The summed E-state index contributed by atoms with van der Waals surface area (Å²) < 4.78 is 5.48. The molecule has 1 amide bonds. The van der Waals surface area contributed by atoms with Gasteiger partial charge in [-0.25, -0.2) is 4.99 Å². The number of thioether (sulfide) groups is 1. The lowest BCUT2D eigenvalue weighted by Crippen LogP contribution is -2.46. The van der Waals surface area contributed by atoms with Gasteiger partial charge in [0, 0.05) is 6.61 Å². The second-order valence-electron chi connectivity index (χ2n) is 8.08. The van der Waals surface area contributed by atoms with E-state index in [1.54, 1.807) is 11.8 Å². The summed E-state index contributed by atoms with van der Waals surface area (Å²) in [6.45, 7) is 4.87. The third kappa shape index (κ3) is 2.48. The van der Waals surface area contributed by atoms with Crippen molar-refractivity contribution in [2.75, 3.05) is 6.61 Å². The maximum atomic E-state index is 12.5. The monoisotopic (exact) mass is 307 g/mol. The van der Waals surface area contributed by atoms with Gasteiger partial charge in [-0.3, -0.25) is 4.79 Å². The van der Waals surface area contributed by atoms with Crippen LogP contribution in [0.4, 0.5) is 0 Å². The Hall–Kier alpha value is -0.350. The highest BCUT2D eigenvalue weighted by atomic mass is 32.2. The molecule has 1 saturated heterocycles. The Balaban J connectivity index is 1.45. The largest absolute Gasteiger partial charge is 0.375 e. The molecule has 3 fully saturated rings. The van der Waals surface area contributed by atoms with Crippen LogP contribution in [0.5, 0.6) is 0 Å². The van der Waals surface area contributed by atoms with E-state index in [0.29, 0.717) is 6.61 Å². The summed E-state index contributed by atoms with van der Waals surface area (Å²) in [4.78, 5) is 17.0. The van der Waals surface area contributed by atoms with Crippen LogP contribution in [-0.4, -0.2) is 27.9 Å². The Bertz CT molecular complexity index is 501. The van der Waals surface area contributed by atoms with Crippen LogP contribution in [-0.2, 0) is 9.53 Å². The van der Waals surface area contributed by atoms with Crippen LogP contribution in [0, 0.1) is 17.8 Å². The quantitative estimate of drug-likeness (QED) is 0.778. The number of hydrogen-bond donors (Lipinski definition) is 0. The number of carbonyl (C=O) groups excluding carboxylic acids is 1. The van der Waals surface area contributed by atoms with Crippen molar-refractivity contribution in [1.82, 2.24) is 0 Å². The summed E-state index contributed by atoms with van der Waals surface area (Å²) in [6.07, 6.45) is 8.34. The fraction of sp³-hybridized carbons (Fsp3) is 0.882. The Kier molecular flexibility index (Phi) is 3.27. The summed E-state index contributed by atoms with van der Waals surface area (Å²) in [7, 11) is 0. The van der Waals surface area contributed by atoms with E-state index in [2.05, 4.69) is 18.8 Å². The van der Waals surface area contributed by atoms with Crippen molar-refractivity contribution >= 4 is 22.7 Å². The van der Waals surface area contributed by atoms with E-state index >= 15 is 0 Å². The maximum Gasteiger partial charge on any atom is 0.263 e. The Morgan fingerprint density at radius 3 is 2.86 bits per heavy atom. The van der Waals surface area contributed by atoms with E-state index < -0.39 is 0 Å². The fourth-order valence-electron chi connectivity index (χ4n) is 5.03. The van der Waals surface area contributed by atoms with E-state index in [-0.39, 0.29) is 16.3 Å². The molecule has 4 heteroatoms. The third-order valence-corrected chi connectivity index (χ3v) is 7.37. The molecule has 4 atom stereocenters. The molecule has 4 aliphatic rings. The molecule has 0 radical (unpaired) electrons. The lowest BCUT2D eigenvalue weighted by atomic mass is 9.86. The first kappa shape index (κ1) is 14.3.